The lowest BCUT2D eigenvalue weighted by molar-refractivity contribution is 0.146. The molecule has 0 unspecified atom stereocenters. The van der Waals surface area contributed by atoms with Crippen LogP contribution in [0.2, 0.25) is 0 Å². The summed E-state index contributed by atoms with van der Waals surface area (Å²) in [6.45, 7) is 6.10. The van der Waals surface area contributed by atoms with E-state index in [1.807, 2.05) is 6.07 Å². The summed E-state index contributed by atoms with van der Waals surface area (Å²) in [5.41, 5.74) is 2.49. The molecular formula is C23H23F3N4O. The fourth-order valence-corrected chi connectivity index (χ4v) is 4.32. The average molecular weight is 428 g/mol. The van der Waals surface area contributed by atoms with E-state index in [0.29, 0.717) is 18.2 Å². The number of anilines is 2. The van der Waals surface area contributed by atoms with E-state index in [-0.39, 0.29) is 5.56 Å². The Kier molecular flexibility index (Phi) is 4.87. The maximum atomic E-state index is 14.7. The minimum absolute atomic E-state index is 0.176. The molecule has 1 saturated heterocycles. The molecule has 162 valence electrons. The van der Waals surface area contributed by atoms with E-state index in [4.69, 9.17) is 4.74 Å². The van der Waals surface area contributed by atoms with Crippen molar-refractivity contribution in [3.8, 4) is 5.75 Å². The fourth-order valence-electron chi connectivity index (χ4n) is 4.32. The second-order valence-electron chi connectivity index (χ2n) is 8.08. The first-order valence-corrected chi connectivity index (χ1v) is 10.5. The van der Waals surface area contributed by atoms with Gasteiger partial charge in [-0.3, -0.25) is 0 Å². The van der Waals surface area contributed by atoms with Crippen LogP contribution in [0.5, 0.6) is 5.75 Å². The van der Waals surface area contributed by atoms with Gasteiger partial charge in [-0.2, -0.15) is 0 Å². The van der Waals surface area contributed by atoms with Gasteiger partial charge >= 0.3 is 0 Å². The summed E-state index contributed by atoms with van der Waals surface area (Å²) in [4.78, 5) is 11.5. The second-order valence-corrected chi connectivity index (χ2v) is 8.08. The minimum atomic E-state index is -2.86. The van der Waals surface area contributed by atoms with Crippen LogP contribution in [-0.4, -0.2) is 29.7 Å². The third-order valence-corrected chi connectivity index (χ3v) is 6.04. The van der Waals surface area contributed by atoms with Gasteiger partial charge in [-0.25, -0.2) is 23.1 Å². The molecule has 8 heteroatoms. The largest absolute Gasteiger partial charge is 0.491 e. The molecule has 0 amide bonds. The predicted molar refractivity (Wildman–Crippen MR) is 114 cm³/mol. The number of ether oxygens (including phenoxy) is 1. The molecule has 1 aromatic heterocycles. The highest BCUT2D eigenvalue weighted by molar-refractivity contribution is 5.97. The summed E-state index contributed by atoms with van der Waals surface area (Å²) < 4.78 is 46.9. The molecule has 1 N–H and O–H groups in total. The molecule has 5 nitrogen and oxygen atoms in total. The van der Waals surface area contributed by atoms with Gasteiger partial charge in [0.05, 0.1) is 29.4 Å². The van der Waals surface area contributed by atoms with Gasteiger partial charge in [0, 0.05) is 36.0 Å². The number of nitrogens with zero attached hydrogens (tertiary/aromatic N) is 3. The third kappa shape index (κ3) is 3.34. The van der Waals surface area contributed by atoms with Crippen LogP contribution in [0.3, 0.4) is 0 Å². The highest BCUT2D eigenvalue weighted by Crippen LogP contribution is 2.44. The Labute approximate surface area is 178 Å². The van der Waals surface area contributed by atoms with Gasteiger partial charge in [-0.1, -0.05) is 18.2 Å². The summed E-state index contributed by atoms with van der Waals surface area (Å²) in [6, 6.07) is 5.55. The van der Waals surface area contributed by atoms with Crippen molar-refractivity contribution >= 4 is 22.4 Å². The van der Waals surface area contributed by atoms with Crippen molar-refractivity contribution in [1.29, 1.82) is 0 Å². The zero-order chi connectivity index (χ0) is 21.7. The molecule has 5 rings (SSSR count). The van der Waals surface area contributed by atoms with E-state index in [1.54, 1.807) is 13.8 Å². The molecule has 0 saturated carbocycles. The molecule has 3 heterocycles. The lowest BCUT2D eigenvalue weighted by atomic mass is 10.0. The number of fused-ring (bicyclic) bond motifs is 3. The summed E-state index contributed by atoms with van der Waals surface area (Å²) in [7, 11) is 0. The quantitative estimate of drug-likeness (QED) is 0.595. The van der Waals surface area contributed by atoms with E-state index < -0.39 is 23.8 Å². The van der Waals surface area contributed by atoms with Gasteiger partial charge in [0.15, 0.2) is 0 Å². The summed E-state index contributed by atoms with van der Waals surface area (Å²) in [5.74, 6) is 1.14. The Morgan fingerprint density at radius 2 is 1.94 bits per heavy atom. The van der Waals surface area contributed by atoms with E-state index in [2.05, 4.69) is 20.2 Å². The number of aryl methyl sites for hydroxylation is 1. The van der Waals surface area contributed by atoms with Crippen molar-refractivity contribution in [2.75, 3.05) is 29.9 Å². The zero-order valence-corrected chi connectivity index (χ0v) is 17.4. The zero-order valence-electron chi connectivity index (χ0n) is 17.4. The lowest BCUT2D eigenvalue weighted by Crippen LogP contribution is -2.37. The smallest absolute Gasteiger partial charge is 0.266 e. The van der Waals surface area contributed by atoms with Crippen LogP contribution in [0.4, 0.5) is 24.7 Å². The van der Waals surface area contributed by atoms with Gasteiger partial charge in [-0.15, -0.1) is 0 Å². The molecule has 0 bridgehead atoms. The molecule has 1 fully saturated rings. The first-order chi connectivity index (χ1) is 14.9. The van der Waals surface area contributed by atoms with Crippen LogP contribution in [0, 0.1) is 12.7 Å². The first kappa shape index (κ1) is 19.9. The summed E-state index contributed by atoms with van der Waals surface area (Å²) in [6.07, 6.45) is -0.959. The summed E-state index contributed by atoms with van der Waals surface area (Å²) in [5, 5.41) is 4.07. The number of halogens is 3. The maximum absolute atomic E-state index is 14.7. The van der Waals surface area contributed by atoms with Crippen molar-refractivity contribution in [2.45, 2.75) is 39.2 Å². The number of nitrogens with one attached hydrogen (secondary N) is 1. The maximum Gasteiger partial charge on any atom is 0.266 e. The molecule has 0 aliphatic carbocycles. The standard InChI is InChI=1S/C23H23F3N4O/c1-12(14-5-3-6-15(19(14)24)22(25)26)27-23-17-11-18(30-8-4-9-30)21-16(7-10-31-21)20(17)28-13(2)29-23/h3,5-6,11-12,22H,4,7-10H2,1-2H3,(H,27,28,29)/t12-/m1/s1. The van der Waals surface area contributed by atoms with Gasteiger partial charge in [0.1, 0.15) is 23.2 Å². The van der Waals surface area contributed by atoms with E-state index in [0.717, 1.165) is 59.9 Å². The first-order valence-electron chi connectivity index (χ1n) is 10.5. The Hall–Kier alpha value is -3.03. The third-order valence-electron chi connectivity index (χ3n) is 6.04. The normalized spacial score (nSPS) is 16.3. The molecule has 31 heavy (non-hydrogen) atoms. The number of hydrogen-bond acceptors (Lipinski definition) is 5. The van der Waals surface area contributed by atoms with E-state index in [9.17, 15) is 13.2 Å². The van der Waals surface area contributed by atoms with Crippen molar-refractivity contribution in [3.63, 3.8) is 0 Å². The van der Waals surface area contributed by atoms with Crippen molar-refractivity contribution in [1.82, 2.24) is 9.97 Å². The Bertz CT molecular complexity index is 1160. The van der Waals surface area contributed by atoms with Gasteiger partial charge in [0.2, 0.25) is 0 Å². The molecular weight excluding hydrogens is 405 g/mol. The van der Waals surface area contributed by atoms with Crippen LogP contribution in [0.25, 0.3) is 10.9 Å². The second kappa shape index (κ2) is 7.59. The minimum Gasteiger partial charge on any atom is -0.491 e. The Morgan fingerprint density at radius 3 is 2.65 bits per heavy atom. The lowest BCUT2D eigenvalue weighted by Gasteiger charge is -2.34. The van der Waals surface area contributed by atoms with Gasteiger partial charge in [0.25, 0.3) is 6.43 Å². The van der Waals surface area contributed by atoms with Crippen LogP contribution < -0.4 is 15.0 Å². The molecule has 2 aromatic carbocycles. The van der Waals surface area contributed by atoms with Gasteiger partial charge < -0.3 is 15.0 Å². The highest BCUT2D eigenvalue weighted by Gasteiger charge is 2.28. The number of aromatic nitrogens is 2. The van der Waals surface area contributed by atoms with Crippen molar-refractivity contribution in [2.24, 2.45) is 0 Å². The van der Waals surface area contributed by atoms with Crippen LogP contribution in [0.15, 0.2) is 24.3 Å². The Balaban J connectivity index is 1.60. The molecule has 2 aliphatic heterocycles. The highest BCUT2D eigenvalue weighted by atomic mass is 19.3. The van der Waals surface area contributed by atoms with Crippen LogP contribution >= 0.6 is 0 Å². The number of alkyl halides is 2. The molecule has 0 radical (unpaired) electrons. The van der Waals surface area contributed by atoms with E-state index in [1.165, 1.54) is 12.1 Å². The molecule has 3 aromatic rings. The SMILES string of the molecule is Cc1nc(N[C@H](C)c2cccc(C(F)F)c2F)c2cc(N3CCC3)c3c(c2n1)CCO3. The molecule has 0 spiro atoms. The van der Waals surface area contributed by atoms with Gasteiger partial charge in [-0.05, 0) is 26.3 Å². The van der Waals surface area contributed by atoms with Crippen molar-refractivity contribution in [3.05, 3.63) is 52.6 Å². The average Bonchev–Trinajstić information content (AvgIpc) is 3.17. The monoisotopic (exact) mass is 428 g/mol. The number of hydrogen-bond donors (Lipinski definition) is 1. The predicted octanol–water partition coefficient (Wildman–Crippen LogP) is 5.33. The Morgan fingerprint density at radius 1 is 1.16 bits per heavy atom. The van der Waals surface area contributed by atoms with E-state index >= 15 is 0 Å². The van der Waals surface area contributed by atoms with Crippen LogP contribution in [0.1, 0.15) is 48.3 Å². The fraction of sp³-hybridized carbons (Fsp3) is 0.391. The summed E-state index contributed by atoms with van der Waals surface area (Å²) >= 11 is 0. The number of benzene rings is 2. The topological polar surface area (TPSA) is 50.3 Å². The van der Waals surface area contributed by atoms with Crippen LogP contribution in [-0.2, 0) is 6.42 Å². The molecule has 1 atom stereocenters. The molecule has 2 aliphatic rings. The number of rotatable bonds is 5. The van der Waals surface area contributed by atoms with Crippen molar-refractivity contribution < 1.29 is 17.9 Å².